The van der Waals surface area contributed by atoms with E-state index in [1.165, 1.54) is 0 Å². The number of nitrogens with one attached hydrogen (secondary N) is 1. The van der Waals surface area contributed by atoms with E-state index in [0.717, 1.165) is 5.56 Å². The van der Waals surface area contributed by atoms with Crippen LogP contribution in [-0.2, 0) is 4.79 Å². The zero-order chi connectivity index (χ0) is 9.68. The van der Waals surface area contributed by atoms with E-state index in [-0.39, 0.29) is 18.6 Å². The topological polar surface area (TPSA) is 49.3 Å². The molecule has 0 aliphatic rings. The van der Waals surface area contributed by atoms with Gasteiger partial charge in [0, 0.05) is 0 Å². The van der Waals surface area contributed by atoms with Gasteiger partial charge in [0.25, 0.3) is 0 Å². The Balaban J connectivity index is 2.68. The van der Waals surface area contributed by atoms with Crippen LogP contribution < -0.4 is 5.32 Å². The molecular weight excluding hydrogens is 166 g/mol. The van der Waals surface area contributed by atoms with Crippen LogP contribution in [0.1, 0.15) is 18.4 Å². The Morgan fingerprint density at radius 3 is 2.62 bits per heavy atom. The molecule has 0 radical (unpaired) electrons. The maximum absolute atomic E-state index is 11.3. The molecule has 70 valence electrons. The van der Waals surface area contributed by atoms with Crippen LogP contribution >= 0.6 is 0 Å². The number of benzene rings is 1. The molecule has 0 aliphatic heterocycles. The van der Waals surface area contributed by atoms with Crippen molar-refractivity contribution in [2.24, 2.45) is 0 Å². The predicted molar refractivity (Wildman–Crippen MR) is 50.1 cm³/mol. The molecule has 3 nitrogen and oxygen atoms in total. The Labute approximate surface area is 77.4 Å². The van der Waals surface area contributed by atoms with E-state index in [1.54, 1.807) is 6.92 Å². The number of amides is 1. The van der Waals surface area contributed by atoms with Gasteiger partial charge in [0.05, 0.1) is 5.92 Å². The van der Waals surface area contributed by atoms with E-state index in [9.17, 15) is 4.79 Å². The number of aliphatic hydroxyl groups is 1. The van der Waals surface area contributed by atoms with E-state index in [1.807, 2.05) is 30.3 Å². The van der Waals surface area contributed by atoms with Crippen LogP contribution in [0.15, 0.2) is 30.3 Å². The van der Waals surface area contributed by atoms with Gasteiger partial charge in [0.15, 0.2) is 0 Å². The Morgan fingerprint density at radius 2 is 2.08 bits per heavy atom. The summed E-state index contributed by atoms with van der Waals surface area (Å²) in [5, 5.41) is 10.9. The molecule has 0 bridgehead atoms. The monoisotopic (exact) mass is 179 g/mol. The molecule has 0 heterocycles. The molecule has 1 rings (SSSR count). The van der Waals surface area contributed by atoms with E-state index in [2.05, 4.69) is 5.32 Å². The first-order chi connectivity index (χ1) is 6.25. The number of rotatable bonds is 3. The maximum Gasteiger partial charge on any atom is 0.229 e. The quantitative estimate of drug-likeness (QED) is 0.676. The van der Waals surface area contributed by atoms with Crippen molar-refractivity contribution >= 4 is 5.91 Å². The number of aliphatic hydroxyl groups excluding tert-OH is 1. The fourth-order valence-electron chi connectivity index (χ4n) is 1.12. The highest BCUT2D eigenvalue weighted by Gasteiger charge is 2.13. The van der Waals surface area contributed by atoms with E-state index in [0.29, 0.717) is 0 Å². The summed E-state index contributed by atoms with van der Waals surface area (Å²) < 4.78 is 0. The average molecular weight is 179 g/mol. The van der Waals surface area contributed by atoms with Crippen molar-refractivity contribution in [3.63, 3.8) is 0 Å². The van der Waals surface area contributed by atoms with Crippen LogP contribution in [0, 0.1) is 0 Å². The summed E-state index contributed by atoms with van der Waals surface area (Å²) in [6.07, 6.45) is 0. The Morgan fingerprint density at radius 1 is 1.46 bits per heavy atom. The minimum Gasteiger partial charge on any atom is -0.377 e. The van der Waals surface area contributed by atoms with Gasteiger partial charge in [-0.15, -0.1) is 0 Å². The minimum absolute atomic E-state index is 0.159. The maximum atomic E-state index is 11.3. The van der Waals surface area contributed by atoms with Crippen LogP contribution in [-0.4, -0.2) is 17.7 Å². The lowest BCUT2D eigenvalue weighted by molar-refractivity contribution is -0.123. The van der Waals surface area contributed by atoms with Crippen LogP contribution in [0.3, 0.4) is 0 Å². The summed E-state index contributed by atoms with van der Waals surface area (Å²) in [6, 6.07) is 9.46. The highest BCUT2D eigenvalue weighted by Crippen LogP contribution is 2.13. The van der Waals surface area contributed by atoms with E-state index >= 15 is 0 Å². The number of hydrogen-bond donors (Lipinski definition) is 2. The molecule has 0 fully saturated rings. The van der Waals surface area contributed by atoms with Crippen LogP contribution in [0.2, 0.25) is 0 Å². The van der Waals surface area contributed by atoms with Crippen molar-refractivity contribution in [1.29, 1.82) is 0 Å². The lowest BCUT2D eigenvalue weighted by atomic mass is 10.0. The van der Waals surface area contributed by atoms with Crippen LogP contribution in [0.5, 0.6) is 0 Å². The molecule has 0 aliphatic carbocycles. The van der Waals surface area contributed by atoms with E-state index < -0.39 is 0 Å². The molecule has 0 saturated carbocycles. The fraction of sp³-hybridized carbons (Fsp3) is 0.300. The van der Waals surface area contributed by atoms with Crippen LogP contribution in [0.25, 0.3) is 0 Å². The van der Waals surface area contributed by atoms with Crippen LogP contribution in [0.4, 0.5) is 0 Å². The van der Waals surface area contributed by atoms with Gasteiger partial charge < -0.3 is 10.4 Å². The Bertz CT molecular complexity index is 272. The molecular formula is C10H13NO2. The largest absolute Gasteiger partial charge is 0.377 e. The predicted octanol–water partition coefficient (Wildman–Crippen LogP) is 0.856. The first kappa shape index (κ1) is 9.74. The summed E-state index contributed by atoms with van der Waals surface area (Å²) in [5.41, 5.74) is 0.952. The van der Waals surface area contributed by atoms with Gasteiger partial charge in [-0.25, -0.2) is 0 Å². The van der Waals surface area contributed by atoms with Crippen molar-refractivity contribution in [2.75, 3.05) is 6.73 Å². The molecule has 0 saturated heterocycles. The summed E-state index contributed by atoms with van der Waals surface area (Å²) in [5.74, 6) is -0.373. The zero-order valence-electron chi connectivity index (χ0n) is 7.53. The van der Waals surface area contributed by atoms with Gasteiger partial charge in [-0.2, -0.15) is 0 Å². The first-order valence-corrected chi connectivity index (χ1v) is 4.19. The second kappa shape index (κ2) is 4.62. The van der Waals surface area contributed by atoms with Gasteiger partial charge in [-0.05, 0) is 12.5 Å². The number of carbonyl (C=O) groups is 1. The first-order valence-electron chi connectivity index (χ1n) is 4.19. The van der Waals surface area contributed by atoms with Crippen molar-refractivity contribution in [3.8, 4) is 0 Å². The van der Waals surface area contributed by atoms with Gasteiger partial charge >= 0.3 is 0 Å². The molecule has 3 heteroatoms. The molecule has 0 spiro atoms. The van der Waals surface area contributed by atoms with Crippen molar-refractivity contribution in [3.05, 3.63) is 35.9 Å². The molecule has 2 N–H and O–H groups in total. The van der Waals surface area contributed by atoms with E-state index in [4.69, 9.17) is 5.11 Å². The Kier molecular flexibility index (Phi) is 3.46. The molecule has 1 atom stereocenters. The third-order valence-corrected chi connectivity index (χ3v) is 1.95. The highest BCUT2D eigenvalue weighted by atomic mass is 16.3. The van der Waals surface area contributed by atoms with Gasteiger partial charge in [0.1, 0.15) is 6.73 Å². The summed E-state index contributed by atoms with van der Waals surface area (Å²) in [4.78, 5) is 11.3. The third kappa shape index (κ3) is 2.56. The van der Waals surface area contributed by atoms with Gasteiger partial charge in [-0.3, -0.25) is 4.79 Å². The molecule has 0 aromatic heterocycles. The summed E-state index contributed by atoms with van der Waals surface area (Å²) in [7, 11) is 0. The SMILES string of the molecule is CC(C(=O)NCO)c1ccccc1. The highest BCUT2D eigenvalue weighted by molar-refractivity contribution is 5.82. The summed E-state index contributed by atoms with van der Waals surface area (Å²) in [6.45, 7) is 1.50. The van der Waals surface area contributed by atoms with Crippen molar-refractivity contribution in [1.82, 2.24) is 5.32 Å². The second-order valence-corrected chi connectivity index (χ2v) is 2.83. The average Bonchev–Trinajstić information content (AvgIpc) is 2.18. The molecule has 13 heavy (non-hydrogen) atoms. The molecule has 1 unspecified atom stereocenters. The fourth-order valence-corrected chi connectivity index (χ4v) is 1.12. The lowest BCUT2D eigenvalue weighted by Gasteiger charge is -2.10. The smallest absolute Gasteiger partial charge is 0.229 e. The van der Waals surface area contributed by atoms with Gasteiger partial charge in [0.2, 0.25) is 5.91 Å². The number of hydrogen-bond acceptors (Lipinski definition) is 2. The molecule has 1 amide bonds. The third-order valence-electron chi connectivity index (χ3n) is 1.95. The normalized spacial score (nSPS) is 12.2. The number of carbonyl (C=O) groups excluding carboxylic acids is 1. The molecule has 1 aromatic carbocycles. The second-order valence-electron chi connectivity index (χ2n) is 2.83. The van der Waals surface area contributed by atoms with Crippen molar-refractivity contribution in [2.45, 2.75) is 12.8 Å². The summed E-state index contributed by atoms with van der Waals surface area (Å²) >= 11 is 0. The minimum atomic E-state index is -0.310. The molecule has 1 aromatic rings. The zero-order valence-corrected chi connectivity index (χ0v) is 7.53. The van der Waals surface area contributed by atoms with Crippen molar-refractivity contribution < 1.29 is 9.90 Å². The Hall–Kier alpha value is -1.35. The lowest BCUT2D eigenvalue weighted by Crippen LogP contribution is -2.28. The standard InChI is InChI=1S/C10H13NO2/c1-8(10(13)11-7-12)9-5-3-2-4-6-9/h2-6,8,12H,7H2,1H3,(H,11,13). The van der Waals surface area contributed by atoms with Gasteiger partial charge in [-0.1, -0.05) is 30.3 Å².